The fraction of sp³-hybridized carbons (Fsp3) is 1.00. The van der Waals surface area contributed by atoms with Crippen molar-refractivity contribution in [3.05, 3.63) is 0 Å². The molecule has 0 aromatic carbocycles. The monoisotopic (exact) mass is 235 g/mol. The fourth-order valence-corrected chi connectivity index (χ4v) is 2.13. The van der Waals surface area contributed by atoms with E-state index in [1.807, 2.05) is 0 Å². The van der Waals surface area contributed by atoms with Crippen LogP contribution < -0.4 is 0 Å². The molecule has 0 saturated carbocycles. The molecule has 1 aliphatic rings. The molecule has 3 nitrogen and oxygen atoms in total. The van der Waals surface area contributed by atoms with Crippen LogP contribution in [0.4, 0.5) is 0 Å². The van der Waals surface area contributed by atoms with Gasteiger partial charge in [-0.2, -0.15) is 0 Å². The molecule has 90 valence electrons. The van der Waals surface area contributed by atoms with Crippen LogP contribution in [0.5, 0.6) is 0 Å². The Kier molecular flexibility index (Phi) is 7.36. The van der Waals surface area contributed by atoms with E-state index in [1.165, 1.54) is 19.5 Å². The third-order valence-electron chi connectivity index (χ3n) is 2.78. The predicted molar refractivity (Wildman–Crippen MR) is 62.6 cm³/mol. The Hall–Kier alpha value is 0.170. The number of rotatable bonds is 8. The fourth-order valence-electron chi connectivity index (χ4n) is 1.88. The molecule has 1 fully saturated rings. The van der Waals surface area contributed by atoms with Gasteiger partial charge in [-0.25, -0.2) is 0 Å². The minimum Gasteiger partial charge on any atom is -0.382 e. The van der Waals surface area contributed by atoms with Gasteiger partial charge in [-0.3, -0.25) is 0 Å². The predicted octanol–water partition coefficient (Wildman–Crippen LogP) is 1.60. The summed E-state index contributed by atoms with van der Waals surface area (Å²) in [6.07, 6.45) is 2.37. The molecule has 0 aromatic heterocycles. The van der Waals surface area contributed by atoms with Crippen LogP contribution in [0.1, 0.15) is 12.8 Å². The van der Waals surface area contributed by atoms with Gasteiger partial charge in [-0.15, -0.1) is 11.6 Å². The Morgan fingerprint density at radius 2 is 2.20 bits per heavy atom. The highest BCUT2D eigenvalue weighted by molar-refractivity contribution is 6.18. The highest BCUT2D eigenvalue weighted by Crippen LogP contribution is 2.17. The first-order chi connectivity index (χ1) is 7.36. The van der Waals surface area contributed by atoms with E-state index in [-0.39, 0.29) is 0 Å². The molecule has 0 aliphatic carbocycles. The number of nitrogens with zero attached hydrogens (tertiary/aromatic N) is 1. The lowest BCUT2D eigenvalue weighted by Crippen LogP contribution is -2.23. The van der Waals surface area contributed by atoms with Crippen LogP contribution in [0.3, 0.4) is 0 Å². The van der Waals surface area contributed by atoms with E-state index >= 15 is 0 Å². The van der Waals surface area contributed by atoms with Crippen LogP contribution in [0, 0.1) is 5.92 Å². The summed E-state index contributed by atoms with van der Waals surface area (Å²) in [5.74, 6) is 1.52. The SMILES string of the molecule is COCCOCCCN1CCC(CCl)C1. The van der Waals surface area contributed by atoms with Crippen molar-refractivity contribution in [3.63, 3.8) is 0 Å². The number of methoxy groups -OCH3 is 1. The van der Waals surface area contributed by atoms with Crippen LogP contribution in [0.25, 0.3) is 0 Å². The lowest BCUT2D eigenvalue weighted by Gasteiger charge is -2.15. The zero-order chi connectivity index (χ0) is 10.9. The summed E-state index contributed by atoms with van der Waals surface area (Å²) in [5, 5.41) is 0. The zero-order valence-corrected chi connectivity index (χ0v) is 10.3. The Balaban J connectivity index is 1.88. The second-order valence-corrected chi connectivity index (χ2v) is 4.38. The summed E-state index contributed by atoms with van der Waals surface area (Å²) in [7, 11) is 1.69. The number of ether oxygens (including phenoxy) is 2. The van der Waals surface area contributed by atoms with Crippen LogP contribution in [0.2, 0.25) is 0 Å². The van der Waals surface area contributed by atoms with Gasteiger partial charge in [0.2, 0.25) is 0 Å². The maximum absolute atomic E-state index is 5.83. The number of hydrogen-bond acceptors (Lipinski definition) is 3. The molecule has 4 heteroatoms. The molecular formula is C11H22ClNO2. The summed E-state index contributed by atoms with van der Waals surface area (Å²) < 4.78 is 10.3. The molecule has 0 N–H and O–H groups in total. The van der Waals surface area contributed by atoms with E-state index in [0.717, 1.165) is 25.5 Å². The Bertz CT molecular complexity index is 158. The van der Waals surface area contributed by atoms with Crippen molar-refractivity contribution >= 4 is 11.6 Å². The van der Waals surface area contributed by atoms with Crippen LogP contribution >= 0.6 is 11.6 Å². The highest BCUT2D eigenvalue weighted by Gasteiger charge is 2.20. The van der Waals surface area contributed by atoms with E-state index < -0.39 is 0 Å². The van der Waals surface area contributed by atoms with Crippen molar-refractivity contribution in [3.8, 4) is 0 Å². The summed E-state index contributed by atoms with van der Waals surface area (Å²) in [4.78, 5) is 2.48. The standard InChI is InChI=1S/C11H22ClNO2/c1-14-7-8-15-6-2-4-13-5-3-11(9-12)10-13/h11H,2-10H2,1H3. The average molecular weight is 236 g/mol. The van der Waals surface area contributed by atoms with E-state index in [2.05, 4.69) is 4.90 Å². The molecule has 0 aromatic rings. The summed E-state index contributed by atoms with van der Waals surface area (Å²) in [5.41, 5.74) is 0. The van der Waals surface area contributed by atoms with Gasteiger partial charge < -0.3 is 14.4 Å². The molecular weight excluding hydrogens is 214 g/mol. The minimum absolute atomic E-state index is 0.692. The molecule has 15 heavy (non-hydrogen) atoms. The summed E-state index contributed by atoms with van der Waals surface area (Å²) >= 11 is 5.83. The average Bonchev–Trinajstić information content (AvgIpc) is 2.71. The minimum atomic E-state index is 0.692. The lowest BCUT2D eigenvalue weighted by molar-refractivity contribution is 0.0661. The van der Waals surface area contributed by atoms with E-state index in [1.54, 1.807) is 7.11 Å². The third kappa shape index (κ3) is 5.71. The molecule has 0 radical (unpaired) electrons. The number of hydrogen-bond donors (Lipinski definition) is 0. The van der Waals surface area contributed by atoms with Gasteiger partial charge >= 0.3 is 0 Å². The van der Waals surface area contributed by atoms with Crippen molar-refractivity contribution in [2.75, 3.05) is 52.4 Å². The van der Waals surface area contributed by atoms with Crippen molar-refractivity contribution in [2.45, 2.75) is 12.8 Å². The number of halogens is 1. The first-order valence-electron chi connectivity index (χ1n) is 5.71. The quantitative estimate of drug-likeness (QED) is 0.471. The Morgan fingerprint density at radius 1 is 1.33 bits per heavy atom. The van der Waals surface area contributed by atoms with Crippen molar-refractivity contribution < 1.29 is 9.47 Å². The van der Waals surface area contributed by atoms with E-state index in [9.17, 15) is 0 Å². The summed E-state index contributed by atoms with van der Waals surface area (Å²) in [6, 6.07) is 0. The number of alkyl halides is 1. The summed E-state index contributed by atoms with van der Waals surface area (Å²) in [6.45, 7) is 5.75. The third-order valence-corrected chi connectivity index (χ3v) is 3.22. The second kappa shape index (κ2) is 8.34. The van der Waals surface area contributed by atoms with Crippen LogP contribution in [-0.2, 0) is 9.47 Å². The van der Waals surface area contributed by atoms with Crippen molar-refractivity contribution in [1.82, 2.24) is 4.90 Å². The lowest BCUT2D eigenvalue weighted by atomic mass is 10.2. The molecule has 0 spiro atoms. The van der Waals surface area contributed by atoms with Gasteiger partial charge in [-0.1, -0.05) is 0 Å². The van der Waals surface area contributed by atoms with Gasteiger partial charge in [0.25, 0.3) is 0 Å². The first kappa shape index (κ1) is 13.2. The highest BCUT2D eigenvalue weighted by atomic mass is 35.5. The van der Waals surface area contributed by atoms with Gasteiger partial charge in [0, 0.05) is 32.7 Å². The van der Waals surface area contributed by atoms with Crippen molar-refractivity contribution in [1.29, 1.82) is 0 Å². The number of likely N-dealkylation sites (tertiary alicyclic amines) is 1. The van der Waals surface area contributed by atoms with E-state index in [4.69, 9.17) is 21.1 Å². The van der Waals surface area contributed by atoms with Crippen molar-refractivity contribution in [2.24, 2.45) is 5.92 Å². The molecule has 1 saturated heterocycles. The topological polar surface area (TPSA) is 21.7 Å². The Morgan fingerprint density at radius 3 is 2.87 bits per heavy atom. The zero-order valence-electron chi connectivity index (χ0n) is 9.58. The maximum Gasteiger partial charge on any atom is 0.0700 e. The molecule has 1 aliphatic heterocycles. The molecule has 1 atom stereocenters. The largest absolute Gasteiger partial charge is 0.382 e. The Labute approximate surface area is 97.7 Å². The smallest absolute Gasteiger partial charge is 0.0700 e. The second-order valence-electron chi connectivity index (χ2n) is 4.07. The molecule has 1 heterocycles. The first-order valence-corrected chi connectivity index (χ1v) is 6.25. The van der Waals surface area contributed by atoms with Crippen LogP contribution in [0.15, 0.2) is 0 Å². The molecule has 1 unspecified atom stereocenters. The van der Waals surface area contributed by atoms with E-state index in [0.29, 0.717) is 19.1 Å². The van der Waals surface area contributed by atoms with Gasteiger partial charge in [0.15, 0.2) is 0 Å². The van der Waals surface area contributed by atoms with Crippen LogP contribution in [-0.4, -0.2) is 57.3 Å². The maximum atomic E-state index is 5.83. The van der Waals surface area contributed by atoms with Gasteiger partial charge in [0.1, 0.15) is 0 Å². The molecule has 0 amide bonds. The normalized spacial score (nSPS) is 22.4. The van der Waals surface area contributed by atoms with Gasteiger partial charge in [-0.05, 0) is 25.3 Å². The van der Waals surface area contributed by atoms with Gasteiger partial charge in [0.05, 0.1) is 13.2 Å². The molecule has 0 bridgehead atoms. The molecule has 1 rings (SSSR count).